The highest BCUT2D eigenvalue weighted by atomic mass is 19.4. The van der Waals surface area contributed by atoms with E-state index in [9.17, 15) is 23.1 Å². The molecule has 2 heterocycles. The Morgan fingerprint density at radius 2 is 1.71 bits per heavy atom. The smallest absolute Gasteiger partial charge is 0.420 e. The van der Waals surface area contributed by atoms with Gasteiger partial charge >= 0.3 is 12.1 Å². The summed E-state index contributed by atoms with van der Waals surface area (Å²) >= 11 is 0. The first kappa shape index (κ1) is 24.4. The second kappa shape index (κ2) is 9.64. The van der Waals surface area contributed by atoms with Crippen LogP contribution in [0.2, 0.25) is 0 Å². The molecule has 0 radical (unpaired) electrons. The highest BCUT2D eigenvalue weighted by Gasteiger charge is 2.41. The van der Waals surface area contributed by atoms with Gasteiger partial charge in [-0.3, -0.25) is 9.69 Å². The minimum Gasteiger partial charge on any atom is -0.490 e. The molecule has 1 N–H and O–H groups in total. The van der Waals surface area contributed by atoms with Gasteiger partial charge in [0.15, 0.2) is 0 Å². The van der Waals surface area contributed by atoms with Crippen molar-refractivity contribution in [2.75, 3.05) is 0 Å². The fraction of sp³-hybridized carbons (Fsp3) is 0.607. The second-order valence-electron chi connectivity index (χ2n) is 10.9. The van der Waals surface area contributed by atoms with Crippen molar-refractivity contribution >= 4 is 16.7 Å². The molecule has 0 spiro atoms. The molecule has 7 heteroatoms. The summed E-state index contributed by atoms with van der Waals surface area (Å²) in [4.78, 5) is 13.9. The largest absolute Gasteiger partial charge is 0.490 e. The molecule has 2 bridgehead atoms. The van der Waals surface area contributed by atoms with Crippen molar-refractivity contribution in [1.82, 2.24) is 4.90 Å². The van der Waals surface area contributed by atoms with Crippen molar-refractivity contribution in [3.05, 3.63) is 41.5 Å². The van der Waals surface area contributed by atoms with E-state index in [0.29, 0.717) is 30.7 Å². The highest BCUT2D eigenvalue weighted by Crippen LogP contribution is 2.43. The third-order valence-electron chi connectivity index (χ3n) is 8.43. The second-order valence-corrected chi connectivity index (χ2v) is 10.9. The Morgan fingerprint density at radius 1 is 1.03 bits per heavy atom. The van der Waals surface area contributed by atoms with Crippen LogP contribution in [0.25, 0.3) is 10.8 Å². The van der Waals surface area contributed by atoms with Crippen molar-refractivity contribution in [2.24, 2.45) is 11.8 Å². The predicted molar refractivity (Wildman–Crippen MR) is 128 cm³/mol. The van der Waals surface area contributed by atoms with Gasteiger partial charge in [0.05, 0.1) is 12.0 Å². The van der Waals surface area contributed by atoms with E-state index in [-0.39, 0.29) is 35.2 Å². The predicted octanol–water partition coefficient (Wildman–Crippen LogP) is 7.03. The first-order valence-electron chi connectivity index (χ1n) is 13.0. The van der Waals surface area contributed by atoms with Crippen LogP contribution < -0.4 is 4.74 Å². The number of hydrogen-bond donors (Lipinski definition) is 1. The van der Waals surface area contributed by atoms with Gasteiger partial charge in [-0.2, -0.15) is 13.2 Å². The van der Waals surface area contributed by atoms with Gasteiger partial charge in [0, 0.05) is 18.6 Å². The number of piperidine rings is 2. The van der Waals surface area contributed by atoms with Crippen molar-refractivity contribution in [3.8, 4) is 5.75 Å². The zero-order valence-corrected chi connectivity index (χ0v) is 20.2. The molecule has 2 unspecified atom stereocenters. The molecule has 2 saturated heterocycles. The SMILES string of the molecule is C[C@H]1CC[C@@H](Oc2ccc3cc(CN4C5CCCC4CC(C(=O)O)C5)ccc3c2C(F)(F)F)CC1. The van der Waals surface area contributed by atoms with Gasteiger partial charge in [0.25, 0.3) is 0 Å². The lowest BCUT2D eigenvalue weighted by Crippen LogP contribution is -2.52. The van der Waals surface area contributed by atoms with Crippen molar-refractivity contribution in [2.45, 2.75) is 95.6 Å². The molecule has 2 atom stereocenters. The number of fused-ring (bicyclic) bond motifs is 3. The Hall–Kier alpha value is -2.28. The normalized spacial score (nSPS) is 29.8. The van der Waals surface area contributed by atoms with E-state index in [1.807, 2.05) is 6.07 Å². The van der Waals surface area contributed by atoms with Crippen LogP contribution in [0.4, 0.5) is 13.2 Å². The number of ether oxygens (including phenoxy) is 1. The molecule has 1 saturated carbocycles. The van der Waals surface area contributed by atoms with Gasteiger partial charge in [0.1, 0.15) is 11.3 Å². The number of carboxylic acid groups (broad SMARTS) is 1. The van der Waals surface area contributed by atoms with Crippen molar-refractivity contribution in [1.29, 1.82) is 0 Å². The molecular weight excluding hydrogens is 455 g/mol. The van der Waals surface area contributed by atoms with Crippen LogP contribution in [0, 0.1) is 11.8 Å². The summed E-state index contributed by atoms with van der Waals surface area (Å²) in [7, 11) is 0. The molecular formula is C28H34F3NO3. The van der Waals surface area contributed by atoms with Gasteiger partial charge in [-0.25, -0.2) is 0 Å². The van der Waals surface area contributed by atoms with Crippen LogP contribution in [0.15, 0.2) is 30.3 Å². The van der Waals surface area contributed by atoms with E-state index in [0.717, 1.165) is 50.5 Å². The summed E-state index contributed by atoms with van der Waals surface area (Å²) in [6.45, 7) is 2.81. The molecule has 2 aromatic rings. The Labute approximate surface area is 204 Å². The van der Waals surface area contributed by atoms with Gasteiger partial charge in [-0.05, 0) is 85.8 Å². The van der Waals surface area contributed by atoms with Crippen LogP contribution in [-0.2, 0) is 17.5 Å². The number of rotatable bonds is 5. The molecule has 3 fully saturated rings. The average molecular weight is 490 g/mol. The summed E-state index contributed by atoms with van der Waals surface area (Å²) in [6, 6.07) is 8.91. The summed E-state index contributed by atoms with van der Waals surface area (Å²) in [6.07, 6.45) is 3.23. The number of hydrogen-bond acceptors (Lipinski definition) is 3. The first-order chi connectivity index (χ1) is 16.7. The van der Waals surface area contributed by atoms with Gasteiger partial charge in [-0.1, -0.05) is 31.5 Å². The summed E-state index contributed by atoms with van der Waals surface area (Å²) in [5.41, 5.74) is 0.283. The van der Waals surface area contributed by atoms with Gasteiger partial charge in [-0.15, -0.1) is 0 Å². The molecule has 5 rings (SSSR count). The third-order valence-corrected chi connectivity index (χ3v) is 8.43. The maximum Gasteiger partial charge on any atom is 0.420 e. The van der Waals surface area contributed by atoms with Crippen LogP contribution in [0.1, 0.15) is 75.8 Å². The lowest BCUT2D eigenvalue weighted by atomic mass is 9.78. The van der Waals surface area contributed by atoms with Gasteiger partial charge in [0.2, 0.25) is 0 Å². The quantitative estimate of drug-likeness (QED) is 0.490. The van der Waals surface area contributed by atoms with E-state index in [4.69, 9.17) is 4.74 Å². The maximum absolute atomic E-state index is 14.2. The van der Waals surface area contributed by atoms with Crippen LogP contribution in [0.5, 0.6) is 5.75 Å². The van der Waals surface area contributed by atoms with E-state index in [1.54, 1.807) is 18.2 Å². The number of aliphatic carboxylic acids is 1. The van der Waals surface area contributed by atoms with E-state index < -0.39 is 17.7 Å². The molecule has 3 aliphatic rings. The van der Waals surface area contributed by atoms with E-state index in [2.05, 4.69) is 11.8 Å². The zero-order chi connectivity index (χ0) is 24.7. The number of benzene rings is 2. The van der Waals surface area contributed by atoms with Crippen LogP contribution in [-0.4, -0.2) is 34.2 Å². The molecule has 0 amide bonds. The van der Waals surface area contributed by atoms with E-state index in [1.165, 1.54) is 6.07 Å². The first-order valence-corrected chi connectivity index (χ1v) is 13.0. The van der Waals surface area contributed by atoms with Crippen LogP contribution in [0.3, 0.4) is 0 Å². The lowest BCUT2D eigenvalue weighted by Gasteiger charge is -2.48. The molecule has 0 aromatic heterocycles. The van der Waals surface area contributed by atoms with Crippen LogP contribution >= 0.6 is 0 Å². The van der Waals surface area contributed by atoms with Gasteiger partial charge < -0.3 is 9.84 Å². The van der Waals surface area contributed by atoms with E-state index >= 15 is 0 Å². The number of carbonyl (C=O) groups is 1. The maximum atomic E-state index is 14.2. The molecule has 1 aliphatic carbocycles. The fourth-order valence-corrected chi connectivity index (χ4v) is 6.52. The Bertz CT molecular complexity index is 1060. The Balaban J connectivity index is 1.40. The number of alkyl halides is 3. The third kappa shape index (κ3) is 5.16. The molecule has 2 aliphatic heterocycles. The number of halogens is 3. The topological polar surface area (TPSA) is 49.8 Å². The average Bonchev–Trinajstić information content (AvgIpc) is 2.79. The lowest BCUT2D eigenvalue weighted by molar-refractivity contribution is -0.146. The minimum absolute atomic E-state index is 0.0671. The molecule has 35 heavy (non-hydrogen) atoms. The fourth-order valence-electron chi connectivity index (χ4n) is 6.52. The molecule has 2 aromatic carbocycles. The van der Waals surface area contributed by atoms with Crippen molar-refractivity contribution in [3.63, 3.8) is 0 Å². The van der Waals surface area contributed by atoms with Crippen molar-refractivity contribution < 1.29 is 27.8 Å². The molecule has 190 valence electrons. The molecule has 4 nitrogen and oxygen atoms in total. The number of carboxylic acids is 1. The zero-order valence-electron chi connectivity index (χ0n) is 20.2. The minimum atomic E-state index is -4.51. The standard InChI is InChI=1S/C28H34F3NO3/c1-17-5-9-23(10-6-17)35-25-12-8-19-13-18(7-11-24(19)26(25)28(29,30)31)16-32-21-3-2-4-22(32)15-20(14-21)27(33)34/h7-8,11-13,17,20-23H,2-6,9-10,14-16H2,1H3,(H,33,34)/t17-,20?,21?,22?,23+. The monoisotopic (exact) mass is 489 g/mol. The summed E-state index contributed by atoms with van der Waals surface area (Å²) in [5.74, 6) is -0.477. The summed E-state index contributed by atoms with van der Waals surface area (Å²) < 4.78 is 48.5. The summed E-state index contributed by atoms with van der Waals surface area (Å²) in [5, 5.41) is 10.2. The highest BCUT2D eigenvalue weighted by molar-refractivity contribution is 5.89. The Kier molecular flexibility index (Phi) is 6.73. The number of nitrogens with zero attached hydrogens (tertiary/aromatic N) is 1. The Morgan fingerprint density at radius 3 is 2.34 bits per heavy atom.